The van der Waals surface area contributed by atoms with Crippen LogP contribution in [-0.2, 0) is 6.18 Å². The highest BCUT2D eigenvalue weighted by Gasteiger charge is 2.32. The van der Waals surface area contributed by atoms with Crippen LogP contribution in [0.15, 0.2) is 54.9 Å². The first-order chi connectivity index (χ1) is 13.2. The average molecular weight is 389 g/mol. The van der Waals surface area contributed by atoms with E-state index in [-0.39, 0.29) is 22.9 Å². The molecule has 3 rings (SSSR count). The third-order valence-electron chi connectivity index (χ3n) is 3.71. The van der Waals surface area contributed by atoms with Crippen LogP contribution < -0.4 is 10.1 Å². The van der Waals surface area contributed by atoms with Crippen molar-refractivity contribution in [3.8, 4) is 17.2 Å². The number of anilines is 1. The number of nitrogens with one attached hydrogen (secondary N) is 1. The van der Waals surface area contributed by atoms with Gasteiger partial charge in [0.15, 0.2) is 5.69 Å². The van der Waals surface area contributed by atoms with E-state index in [1.807, 2.05) is 0 Å². The van der Waals surface area contributed by atoms with Crippen LogP contribution >= 0.6 is 0 Å². The number of hydrogen-bond acceptors (Lipinski definition) is 5. The standard InChI is InChI=1S/C19H14F3N3O3/c1-11-6-8-24-16(17(11)26)18(27)25-12-2-4-13(5-3-12)28-14-7-9-23-15(10-14)19(20,21)22/h2-10,26H,1H3,(H,25,27). The predicted octanol–water partition coefficient (Wildman–Crippen LogP) is 4.55. The lowest BCUT2D eigenvalue weighted by atomic mass is 10.2. The van der Waals surface area contributed by atoms with Gasteiger partial charge >= 0.3 is 6.18 Å². The molecule has 2 aromatic heterocycles. The van der Waals surface area contributed by atoms with Crippen LogP contribution in [0, 0.1) is 6.92 Å². The van der Waals surface area contributed by atoms with E-state index in [4.69, 9.17) is 4.74 Å². The second kappa shape index (κ2) is 7.55. The number of carbonyl (C=O) groups excluding carboxylic acids is 1. The molecule has 0 saturated carbocycles. The Morgan fingerprint density at radius 2 is 1.71 bits per heavy atom. The smallest absolute Gasteiger partial charge is 0.433 e. The number of ether oxygens (including phenoxy) is 1. The fourth-order valence-electron chi connectivity index (χ4n) is 2.28. The summed E-state index contributed by atoms with van der Waals surface area (Å²) in [6.45, 7) is 1.64. The summed E-state index contributed by atoms with van der Waals surface area (Å²) in [5.41, 5.74) is -0.263. The van der Waals surface area contributed by atoms with Crippen molar-refractivity contribution in [1.29, 1.82) is 0 Å². The van der Waals surface area contributed by atoms with Crippen molar-refractivity contribution in [3.05, 3.63) is 71.8 Å². The molecule has 0 atom stereocenters. The molecule has 28 heavy (non-hydrogen) atoms. The van der Waals surface area contributed by atoms with Gasteiger partial charge in [-0.05, 0) is 48.9 Å². The SMILES string of the molecule is Cc1ccnc(C(=O)Nc2ccc(Oc3ccnc(C(F)(F)F)c3)cc2)c1O. The van der Waals surface area contributed by atoms with E-state index in [9.17, 15) is 23.1 Å². The molecule has 0 radical (unpaired) electrons. The number of halogens is 3. The Labute approximate surface area is 157 Å². The number of aromatic nitrogens is 2. The van der Waals surface area contributed by atoms with Crippen LogP contribution in [0.5, 0.6) is 17.2 Å². The zero-order valence-corrected chi connectivity index (χ0v) is 14.5. The summed E-state index contributed by atoms with van der Waals surface area (Å²) in [5.74, 6) is -0.557. The van der Waals surface area contributed by atoms with Crippen molar-refractivity contribution in [1.82, 2.24) is 9.97 Å². The lowest BCUT2D eigenvalue weighted by Crippen LogP contribution is -2.14. The van der Waals surface area contributed by atoms with Crippen LogP contribution in [0.3, 0.4) is 0 Å². The Hall–Kier alpha value is -3.62. The molecule has 0 aliphatic heterocycles. The van der Waals surface area contributed by atoms with Crippen molar-refractivity contribution in [2.75, 3.05) is 5.32 Å². The highest BCUT2D eigenvalue weighted by atomic mass is 19.4. The number of nitrogens with zero attached hydrogens (tertiary/aromatic N) is 2. The molecule has 1 amide bonds. The van der Waals surface area contributed by atoms with Crippen molar-refractivity contribution in [2.45, 2.75) is 13.1 Å². The number of carbonyl (C=O) groups is 1. The summed E-state index contributed by atoms with van der Waals surface area (Å²) in [6, 6.07) is 9.64. The zero-order chi connectivity index (χ0) is 20.3. The maximum Gasteiger partial charge on any atom is 0.433 e. The maximum atomic E-state index is 12.7. The molecule has 0 aliphatic carbocycles. The van der Waals surface area contributed by atoms with Crippen LogP contribution in [0.4, 0.5) is 18.9 Å². The van der Waals surface area contributed by atoms with Gasteiger partial charge in [-0.25, -0.2) is 4.98 Å². The van der Waals surface area contributed by atoms with E-state index in [1.54, 1.807) is 13.0 Å². The summed E-state index contributed by atoms with van der Waals surface area (Å²) in [4.78, 5) is 19.3. The van der Waals surface area contributed by atoms with Crippen molar-refractivity contribution < 1.29 is 27.8 Å². The average Bonchev–Trinajstić information content (AvgIpc) is 2.65. The number of benzene rings is 1. The third-order valence-corrected chi connectivity index (χ3v) is 3.71. The monoisotopic (exact) mass is 389 g/mol. The van der Waals surface area contributed by atoms with E-state index in [0.29, 0.717) is 11.3 Å². The van der Waals surface area contributed by atoms with Gasteiger partial charge < -0.3 is 15.2 Å². The highest BCUT2D eigenvalue weighted by Crippen LogP contribution is 2.31. The van der Waals surface area contributed by atoms with E-state index in [2.05, 4.69) is 15.3 Å². The van der Waals surface area contributed by atoms with Gasteiger partial charge in [0.25, 0.3) is 5.91 Å². The Morgan fingerprint density at radius 1 is 1.04 bits per heavy atom. The van der Waals surface area contributed by atoms with Gasteiger partial charge in [0, 0.05) is 24.1 Å². The number of aryl methyl sites for hydroxylation is 1. The lowest BCUT2D eigenvalue weighted by molar-refractivity contribution is -0.141. The number of alkyl halides is 3. The minimum Gasteiger partial charge on any atom is -0.505 e. The van der Waals surface area contributed by atoms with Gasteiger partial charge in [0.05, 0.1) is 0 Å². The number of hydrogen-bond donors (Lipinski definition) is 2. The largest absolute Gasteiger partial charge is 0.505 e. The summed E-state index contributed by atoms with van der Waals surface area (Å²) in [5, 5.41) is 12.5. The molecule has 6 nitrogen and oxygen atoms in total. The fraction of sp³-hybridized carbons (Fsp3) is 0.105. The first-order valence-corrected chi connectivity index (χ1v) is 8.01. The molecule has 0 aliphatic rings. The van der Waals surface area contributed by atoms with Gasteiger partial charge in [-0.2, -0.15) is 13.2 Å². The zero-order valence-electron chi connectivity index (χ0n) is 14.5. The van der Waals surface area contributed by atoms with Gasteiger partial charge in [0.1, 0.15) is 22.9 Å². The van der Waals surface area contributed by atoms with Crippen LogP contribution in [0.1, 0.15) is 21.7 Å². The maximum absolute atomic E-state index is 12.7. The topological polar surface area (TPSA) is 84.3 Å². The Morgan fingerprint density at radius 3 is 2.39 bits per heavy atom. The number of aromatic hydroxyl groups is 1. The first-order valence-electron chi connectivity index (χ1n) is 8.01. The molecule has 2 N–H and O–H groups in total. The third kappa shape index (κ3) is 4.37. The molecule has 9 heteroatoms. The Kier molecular flexibility index (Phi) is 5.16. The summed E-state index contributed by atoms with van der Waals surface area (Å²) in [7, 11) is 0. The van der Waals surface area contributed by atoms with E-state index in [1.165, 1.54) is 36.5 Å². The van der Waals surface area contributed by atoms with Crippen LogP contribution in [0.25, 0.3) is 0 Å². The molecule has 1 aromatic carbocycles. The van der Waals surface area contributed by atoms with Crippen molar-refractivity contribution in [3.63, 3.8) is 0 Å². The minimum atomic E-state index is -4.57. The number of amides is 1. The number of rotatable bonds is 4. The molecular formula is C19H14F3N3O3. The molecule has 0 spiro atoms. The van der Waals surface area contributed by atoms with Gasteiger partial charge in [-0.1, -0.05) is 0 Å². The molecule has 0 bridgehead atoms. The second-order valence-corrected chi connectivity index (χ2v) is 5.78. The summed E-state index contributed by atoms with van der Waals surface area (Å²) < 4.78 is 43.5. The second-order valence-electron chi connectivity index (χ2n) is 5.78. The fourth-order valence-corrected chi connectivity index (χ4v) is 2.28. The summed E-state index contributed by atoms with van der Waals surface area (Å²) in [6.07, 6.45) is -2.15. The van der Waals surface area contributed by atoms with Gasteiger partial charge in [-0.15, -0.1) is 0 Å². The molecule has 144 valence electrons. The van der Waals surface area contributed by atoms with E-state index < -0.39 is 17.8 Å². The molecule has 0 fully saturated rings. The first kappa shape index (κ1) is 19.2. The highest BCUT2D eigenvalue weighted by molar-refractivity contribution is 6.04. The molecule has 2 heterocycles. The van der Waals surface area contributed by atoms with E-state index >= 15 is 0 Å². The van der Waals surface area contributed by atoms with Gasteiger partial charge in [0.2, 0.25) is 0 Å². The van der Waals surface area contributed by atoms with Crippen molar-refractivity contribution in [2.24, 2.45) is 0 Å². The van der Waals surface area contributed by atoms with Crippen LogP contribution in [0.2, 0.25) is 0 Å². The van der Waals surface area contributed by atoms with Gasteiger partial charge in [-0.3, -0.25) is 9.78 Å². The Bertz CT molecular complexity index is 1010. The molecule has 0 saturated heterocycles. The molecule has 0 unspecified atom stereocenters. The van der Waals surface area contributed by atoms with Crippen molar-refractivity contribution >= 4 is 11.6 Å². The normalized spacial score (nSPS) is 11.1. The molecule has 3 aromatic rings. The molecular weight excluding hydrogens is 375 g/mol. The Balaban J connectivity index is 1.70. The quantitative estimate of drug-likeness (QED) is 0.684. The number of pyridine rings is 2. The van der Waals surface area contributed by atoms with Crippen LogP contribution in [-0.4, -0.2) is 21.0 Å². The minimum absolute atomic E-state index is 0.0204. The van der Waals surface area contributed by atoms with E-state index in [0.717, 1.165) is 12.3 Å². The summed E-state index contributed by atoms with van der Waals surface area (Å²) >= 11 is 0. The predicted molar refractivity (Wildman–Crippen MR) is 94.3 cm³/mol. The lowest BCUT2D eigenvalue weighted by Gasteiger charge is -2.10.